The van der Waals surface area contributed by atoms with Crippen molar-refractivity contribution in [3.8, 4) is 0 Å². The molecule has 0 spiro atoms. The lowest BCUT2D eigenvalue weighted by atomic mass is 9.95. The standard InChI is InChI=1S/C27H23Cl2N5OS/c1-16-8-3-6-13-22(16)31-25(35)23-17(2)30-26-32-27(36-15-19-9-4-5-12-21(19)29)33-34(26)24(23)18-10-7-11-20(28)14-18/h3-14,24H,15H2,1-2H3,(H,31,35)(H,30,32,33). The van der Waals surface area contributed by atoms with Crippen molar-refractivity contribution >= 4 is 52.5 Å². The number of aromatic nitrogens is 3. The summed E-state index contributed by atoms with van der Waals surface area (Å²) in [5.41, 5.74) is 4.82. The molecule has 0 aliphatic carbocycles. The maximum Gasteiger partial charge on any atom is 0.255 e. The van der Waals surface area contributed by atoms with Crippen LogP contribution in [0.25, 0.3) is 0 Å². The molecule has 4 aromatic rings. The monoisotopic (exact) mass is 535 g/mol. The highest BCUT2D eigenvalue weighted by Gasteiger charge is 2.34. The van der Waals surface area contributed by atoms with E-state index in [-0.39, 0.29) is 5.91 Å². The Hall–Kier alpha value is -3.26. The van der Waals surface area contributed by atoms with Gasteiger partial charge in [-0.3, -0.25) is 4.79 Å². The van der Waals surface area contributed by atoms with Gasteiger partial charge in [0, 0.05) is 27.2 Å². The maximum atomic E-state index is 13.6. The number of hydrogen-bond donors (Lipinski definition) is 2. The third kappa shape index (κ3) is 5.00. The van der Waals surface area contributed by atoms with Gasteiger partial charge in [-0.05, 0) is 54.8 Å². The predicted molar refractivity (Wildman–Crippen MR) is 147 cm³/mol. The summed E-state index contributed by atoms with van der Waals surface area (Å²) in [7, 11) is 0. The van der Waals surface area contributed by atoms with E-state index in [9.17, 15) is 4.79 Å². The second-order valence-electron chi connectivity index (χ2n) is 8.43. The summed E-state index contributed by atoms with van der Waals surface area (Å²) in [5.74, 6) is 0.968. The molecule has 2 heterocycles. The minimum absolute atomic E-state index is 0.217. The number of para-hydroxylation sites is 1. The average molecular weight is 536 g/mol. The van der Waals surface area contributed by atoms with Crippen LogP contribution in [-0.4, -0.2) is 20.7 Å². The summed E-state index contributed by atoms with van der Waals surface area (Å²) < 4.78 is 1.75. The zero-order valence-electron chi connectivity index (χ0n) is 19.6. The van der Waals surface area contributed by atoms with Crippen LogP contribution < -0.4 is 10.6 Å². The zero-order chi connectivity index (χ0) is 25.2. The summed E-state index contributed by atoms with van der Waals surface area (Å²) in [6, 6.07) is 22.4. The van der Waals surface area contributed by atoms with Crippen molar-refractivity contribution in [2.24, 2.45) is 0 Å². The van der Waals surface area contributed by atoms with Gasteiger partial charge in [-0.25, -0.2) is 4.68 Å². The number of anilines is 2. The molecule has 0 radical (unpaired) electrons. The fourth-order valence-corrected chi connectivity index (χ4v) is 5.45. The van der Waals surface area contributed by atoms with Crippen LogP contribution in [0.4, 0.5) is 11.6 Å². The molecule has 6 nitrogen and oxygen atoms in total. The van der Waals surface area contributed by atoms with E-state index in [2.05, 4.69) is 10.6 Å². The molecular formula is C27H23Cl2N5OS. The van der Waals surface area contributed by atoms with E-state index in [0.29, 0.717) is 38.2 Å². The first-order valence-electron chi connectivity index (χ1n) is 11.3. The lowest BCUT2D eigenvalue weighted by Crippen LogP contribution is -2.31. The number of benzene rings is 3. The van der Waals surface area contributed by atoms with Gasteiger partial charge in [0.05, 0.1) is 5.57 Å². The normalized spacial score (nSPS) is 14.8. The molecular weight excluding hydrogens is 513 g/mol. The molecule has 2 N–H and O–H groups in total. The number of nitrogens with one attached hydrogen (secondary N) is 2. The van der Waals surface area contributed by atoms with Crippen LogP contribution in [0.3, 0.4) is 0 Å². The first kappa shape index (κ1) is 24.4. The Kier molecular flexibility index (Phi) is 7.05. The molecule has 1 amide bonds. The van der Waals surface area contributed by atoms with Gasteiger partial charge in [0.25, 0.3) is 5.91 Å². The van der Waals surface area contributed by atoms with Gasteiger partial charge in [0.15, 0.2) is 0 Å². The molecule has 0 fully saturated rings. The number of halogens is 2. The molecule has 1 aliphatic rings. The number of fused-ring (bicyclic) bond motifs is 1. The minimum Gasteiger partial charge on any atom is -0.328 e. The van der Waals surface area contributed by atoms with Crippen molar-refractivity contribution in [2.45, 2.75) is 30.8 Å². The van der Waals surface area contributed by atoms with Gasteiger partial charge >= 0.3 is 0 Å². The lowest BCUT2D eigenvalue weighted by molar-refractivity contribution is -0.113. The highest BCUT2D eigenvalue weighted by atomic mass is 35.5. The Morgan fingerprint density at radius 2 is 1.83 bits per heavy atom. The van der Waals surface area contributed by atoms with E-state index in [1.165, 1.54) is 11.8 Å². The third-order valence-corrected chi connectivity index (χ3v) is 7.44. The quantitative estimate of drug-likeness (QED) is 0.257. The number of rotatable bonds is 6. The van der Waals surface area contributed by atoms with Gasteiger partial charge in [-0.2, -0.15) is 4.98 Å². The van der Waals surface area contributed by atoms with Crippen molar-refractivity contribution in [3.05, 3.63) is 111 Å². The summed E-state index contributed by atoms with van der Waals surface area (Å²) in [6.07, 6.45) is 0. The maximum absolute atomic E-state index is 13.6. The van der Waals surface area contributed by atoms with E-state index >= 15 is 0 Å². The molecule has 1 atom stereocenters. The molecule has 9 heteroatoms. The van der Waals surface area contributed by atoms with Gasteiger partial charge in [-0.15, -0.1) is 5.10 Å². The smallest absolute Gasteiger partial charge is 0.255 e. The Morgan fingerprint density at radius 1 is 1.06 bits per heavy atom. The van der Waals surface area contributed by atoms with E-state index in [1.807, 2.05) is 86.6 Å². The zero-order valence-corrected chi connectivity index (χ0v) is 22.0. The van der Waals surface area contributed by atoms with E-state index in [0.717, 1.165) is 22.4 Å². The molecule has 0 bridgehead atoms. The Labute approximate surface area is 223 Å². The number of thioether (sulfide) groups is 1. The lowest BCUT2D eigenvalue weighted by Gasteiger charge is -2.29. The van der Waals surface area contributed by atoms with Crippen molar-refractivity contribution in [1.29, 1.82) is 0 Å². The van der Waals surface area contributed by atoms with Crippen LogP contribution in [0.2, 0.25) is 10.0 Å². The summed E-state index contributed by atoms with van der Waals surface area (Å²) >= 11 is 14.2. The fourth-order valence-electron chi connectivity index (χ4n) is 4.13. The number of aryl methyl sites for hydroxylation is 1. The fraction of sp³-hybridized carbons (Fsp3) is 0.148. The summed E-state index contributed by atoms with van der Waals surface area (Å²) in [4.78, 5) is 18.3. The Bertz CT molecular complexity index is 1480. The minimum atomic E-state index is -0.508. The number of carbonyl (C=O) groups excluding carboxylic acids is 1. The highest BCUT2D eigenvalue weighted by Crippen LogP contribution is 2.38. The molecule has 0 saturated heterocycles. The second-order valence-corrected chi connectivity index (χ2v) is 10.2. The summed E-state index contributed by atoms with van der Waals surface area (Å²) in [5, 5.41) is 13.0. The number of carbonyl (C=O) groups is 1. The van der Waals surface area contributed by atoms with Crippen LogP contribution in [0.15, 0.2) is 89.2 Å². The van der Waals surface area contributed by atoms with Gasteiger partial charge < -0.3 is 10.6 Å². The number of hydrogen-bond acceptors (Lipinski definition) is 5. The van der Waals surface area contributed by atoms with Crippen LogP contribution in [-0.2, 0) is 10.5 Å². The number of allylic oxidation sites excluding steroid dienone is 1. The molecule has 1 unspecified atom stereocenters. The SMILES string of the molecule is CC1=C(C(=O)Nc2ccccc2C)C(c2cccc(Cl)c2)n2nc(SCc3ccccc3Cl)nc2N1. The van der Waals surface area contributed by atoms with E-state index in [4.69, 9.17) is 33.3 Å². The topological polar surface area (TPSA) is 71.8 Å². The average Bonchev–Trinajstić information content (AvgIpc) is 3.26. The third-order valence-electron chi connectivity index (χ3n) is 5.95. The first-order valence-corrected chi connectivity index (χ1v) is 13.1. The molecule has 182 valence electrons. The second kappa shape index (κ2) is 10.4. The van der Waals surface area contributed by atoms with Gasteiger partial charge in [-0.1, -0.05) is 83.5 Å². The molecule has 5 rings (SSSR count). The number of amides is 1. The van der Waals surface area contributed by atoms with Crippen molar-refractivity contribution in [1.82, 2.24) is 14.8 Å². The van der Waals surface area contributed by atoms with Gasteiger partial charge in [0.2, 0.25) is 11.1 Å². The van der Waals surface area contributed by atoms with Crippen molar-refractivity contribution in [3.63, 3.8) is 0 Å². The molecule has 1 aromatic heterocycles. The highest BCUT2D eigenvalue weighted by molar-refractivity contribution is 7.98. The Morgan fingerprint density at radius 3 is 2.61 bits per heavy atom. The Balaban J connectivity index is 1.51. The van der Waals surface area contributed by atoms with Crippen LogP contribution in [0, 0.1) is 6.92 Å². The van der Waals surface area contributed by atoms with Crippen LogP contribution >= 0.6 is 35.0 Å². The van der Waals surface area contributed by atoms with Crippen LogP contribution in [0.1, 0.15) is 29.7 Å². The molecule has 36 heavy (non-hydrogen) atoms. The largest absolute Gasteiger partial charge is 0.328 e. The summed E-state index contributed by atoms with van der Waals surface area (Å²) in [6.45, 7) is 3.83. The predicted octanol–water partition coefficient (Wildman–Crippen LogP) is 7.11. The van der Waals surface area contributed by atoms with Crippen LogP contribution in [0.5, 0.6) is 0 Å². The van der Waals surface area contributed by atoms with Gasteiger partial charge in [0.1, 0.15) is 6.04 Å². The number of nitrogens with zero attached hydrogens (tertiary/aromatic N) is 3. The first-order chi connectivity index (χ1) is 17.4. The van der Waals surface area contributed by atoms with E-state index < -0.39 is 6.04 Å². The molecule has 1 aliphatic heterocycles. The van der Waals surface area contributed by atoms with Crippen molar-refractivity contribution in [2.75, 3.05) is 10.6 Å². The van der Waals surface area contributed by atoms with E-state index in [1.54, 1.807) is 4.68 Å². The molecule has 0 saturated carbocycles. The van der Waals surface area contributed by atoms with Crippen molar-refractivity contribution < 1.29 is 4.79 Å². The molecule has 3 aromatic carbocycles.